The van der Waals surface area contributed by atoms with Crippen LogP contribution in [0, 0.1) is 6.92 Å². The van der Waals surface area contributed by atoms with Gasteiger partial charge in [-0.15, -0.1) is 0 Å². The number of aryl methyl sites for hydroxylation is 2. The van der Waals surface area contributed by atoms with E-state index in [9.17, 15) is 4.79 Å². The average Bonchev–Trinajstić information content (AvgIpc) is 2.97. The van der Waals surface area contributed by atoms with Gasteiger partial charge < -0.3 is 5.32 Å². The maximum atomic E-state index is 12.7. The minimum atomic E-state index is -0.485. The highest BCUT2D eigenvalue weighted by Gasteiger charge is 2.25. The van der Waals surface area contributed by atoms with Gasteiger partial charge in [0.1, 0.15) is 5.56 Å². The number of rotatable bonds is 4. The molecule has 2 heterocycles. The molecule has 0 atom stereocenters. The minimum absolute atomic E-state index is 0.173. The van der Waals surface area contributed by atoms with Crippen molar-refractivity contribution in [3.05, 3.63) is 65.1 Å². The average molecular weight is 322 g/mol. The first-order chi connectivity index (χ1) is 11.4. The molecule has 0 aliphatic carbocycles. The van der Waals surface area contributed by atoms with Crippen molar-refractivity contribution in [3.8, 4) is 0 Å². The topological polar surface area (TPSA) is 59.3 Å². The summed E-state index contributed by atoms with van der Waals surface area (Å²) in [5.74, 6) is -0.173. The Bertz CT molecular complexity index is 878. The van der Waals surface area contributed by atoms with Gasteiger partial charge in [-0.1, -0.05) is 31.2 Å². The third kappa shape index (κ3) is 3.02. The molecule has 0 radical (unpaired) electrons. The van der Waals surface area contributed by atoms with E-state index in [0.29, 0.717) is 11.2 Å². The molecule has 0 unspecified atom stereocenters. The van der Waals surface area contributed by atoms with Crippen LogP contribution in [-0.4, -0.2) is 20.5 Å². The summed E-state index contributed by atoms with van der Waals surface area (Å²) in [4.78, 5) is 17.2. The van der Waals surface area contributed by atoms with Gasteiger partial charge in [0.15, 0.2) is 5.65 Å². The van der Waals surface area contributed by atoms with Crippen LogP contribution in [0.5, 0.6) is 0 Å². The molecule has 0 saturated carbocycles. The molecule has 5 nitrogen and oxygen atoms in total. The second-order valence-corrected chi connectivity index (χ2v) is 6.52. The number of nitrogens with one attached hydrogen (secondary N) is 1. The number of hydrogen-bond donors (Lipinski definition) is 1. The Balaban J connectivity index is 1.87. The van der Waals surface area contributed by atoms with Crippen molar-refractivity contribution in [3.63, 3.8) is 0 Å². The van der Waals surface area contributed by atoms with Gasteiger partial charge in [0.2, 0.25) is 0 Å². The first-order valence-corrected chi connectivity index (χ1v) is 8.13. The molecular weight excluding hydrogens is 300 g/mol. The van der Waals surface area contributed by atoms with Crippen LogP contribution in [-0.2, 0) is 12.0 Å². The summed E-state index contributed by atoms with van der Waals surface area (Å²) in [5, 5.41) is 7.29. The van der Waals surface area contributed by atoms with Crippen LogP contribution in [0.2, 0.25) is 0 Å². The van der Waals surface area contributed by atoms with Crippen molar-refractivity contribution in [1.82, 2.24) is 19.9 Å². The van der Waals surface area contributed by atoms with E-state index in [1.54, 1.807) is 10.7 Å². The lowest BCUT2D eigenvalue weighted by Gasteiger charge is -2.27. The number of fused-ring (bicyclic) bond motifs is 1. The SMILES string of the molecule is CCc1ccc(C(C)(C)NC(=O)c2cnn3ccc(C)nc23)cc1. The predicted octanol–water partition coefficient (Wildman–Crippen LogP) is 3.27. The molecule has 0 fully saturated rings. The highest BCUT2D eigenvalue weighted by Crippen LogP contribution is 2.22. The van der Waals surface area contributed by atoms with E-state index in [0.717, 1.165) is 17.7 Å². The number of amides is 1. The molecule has 3 aromatic rings. The van der Waals surface area contributed by atoms with E-state index in [1.807, 2.05) is 33.0 Å². The third-order valence-corrected chi connectivity index (χ3v) is 4.26. The number of hydrogen-bond acceptors (Lipinski definition) is 3. The van der Waals surface area contributed by atoms with Crippen LogP contribution >= 0.6 is 0 Å². The van der Waals surface area contributed by atoms with E-state index in [4.69, 9.17) is 0 Å². The molecule has 1 N–H and O–H groups in total. The van der Waals surface area contributed by atoms with Crippen LogP contribution in [0.3, 0.4) is 0 Å². The Kier molecular flexibility index (Phi) is 4.09. The van der Waals surface area contributed by atoms with Gasteiger partial charge in [-0.3, -0.25) is 4.79 Å². The standard InChI is InChI=1S/C19H22N4O/c1-5-14-6-8-15(9-7-14)19(3,4)22-18(24)16-12-20-23-11-10-13(2)21-17(16)23/h6-12H,5H2,1-4H3,(H,22,24). The lowest BCUT2D eigenvalue weighted by molar-refractivity contribution is 0.0913. The Morgan fingerprint density at radius 2 is 1.92 bits per heavy atom. The number of aromatic nitrogens is 3. The van der Waals surface area contributed by atoms with E-state index in [2.05, 4.69) is 46.6 Å². The molecule has 0 saturated heterocycles. The van der Waals surface area contributed by atoms with Gasteiger partial charge in [0.05, 0.1) is 11.7 Å². The number of nitrogens with zero attached hydrogens (tertiary/aromatic N) is 3. The summed E-state index contributed by atoms with van der Waals surface area (Å²) in [6, 6.07) is 10.2. The van der Waals surface area contributed by atoms with Crippen molar-refractivity contribution in [2.45, 2.75) is 39.7 Å². The maximum Gasteiger partial charge on any atom is 0.257 e. The molecule has 1 amide bonds. The van der Waals surface area contributed by atoms with Crippen LogP contribution in [0.25, 0.3) is 5.65 Å². The first-order valence-electron chi connectivity index (χ1n) is 8.13. The highest BCUT2D eigenvalue weighted by atomic mass is 16.1. The smallest absolute Gasteiger partial charge is 0.257 e. The van der Waals surface area contributed by atoms with Gasteiger partial charge in [-0.05, 0) is 44.4 Å². The highest BCUT2D eigenvalue weighted by molar-refractivity contribution is 6.00. The van der Waals surface area contributed by atoms with Crippen molar-refractivity contribution in [2.24, 2.45) is 0 Å². The Hall–Kier alpha value is -2.69. The van der Waals surface area contributed by atoms with Crippen molar-refractivity contribution in [2.75, 3.05) is 0 Å². The van der Waals surface area contributed by atoms with E-state index in [1.165, 1.54) is 5.56 Å². The van der Waals surface area contributed by atoms with E-state index >= 15 is 0 Å². The molecule has 5 heteroatoms. The summed E-state index contributed by atoms with van der Waals surface area (Å²) in [6.07, 6.45) is 4.37. The molecule has 3 rings (SSSR count). The zero-order valence-corrected chi connectivity index (χ0v) is 14.5. The predicted molar refractivity (Wildman–Crippen MR) is 94.0 cm³/mol. The van der Waals surface area contributed by atoms with Gasteiger partial charge in [0.25, 0.3) is 5.91 Å². The van der Waals surface area contributed by atoms with Gasteiger partial charge in [-0.25, -0.2) is 9.50 Å². The Morgan fingerprint density at radius 1 is 1.21 bits per heavy atom. The van der Waals surface area contributed by atoms with Crippen LogP contribution < -0.4 is 5.32 Å². The zero-order valence-electron chi connectivity index (χ0n) is 14.5. The molecule has 24 heavy (non-hydrogen) atoms. The van der Waals surface area contributed by atoms with Gasteiger partial charge in [-0.2, -0.15) is 5.10 Å². The molecule has 0 aliphatic heterocycles. The largest absolute Gasteiger partial charge is 0.343 e. The van der Waals surface area contributed by atoms with Gasteiger partial charge >= 0.3 is 0 Å². The number of carbonyl (C=O) groups excluding carboxylic acids is 1. The second-order valence-electron chi connectivity index (χ2n) is 6.52. The fraction of sp³-hybridized carbons (Fsp3) is 0.316. The van der Waals surface area contributed by atoms with E-state index < -0.39 is 5.54 Å². The zero-order chi connectivity index (χ0) is 17.3. The van der Waals surface area contributed by atoms with Crippen LogP contribution in [0.1, 0.15) is 48.0 Å². The number of benzene rings is 1. The Morgan fingerprint density at radius 3 is 2.58 bits per heavy atom. The summed E-state index contributed by atoms with van der Waals surface area (Å²) in [7, 11) is 0. The summed E-state index contributed by atoms with van der Waals surface area (Å²) in [6.45, 7) is 8.02. The second kappa shape index (κ2) is 6.07. The monoisotopic (exact) mass is 322 g/mol. The fourth-order valence-electron chi connectivity index (χ4n) is 2.70. The third-order valence-electron chi connectivity index (χ3n) is 4.26. The summed E-state index contributed by atoms with van der Waals surface area (Å²) in [5.41, 5.74) is 3.77. The lowest BCUT2D eigenvalue weighted by atomic mass is 9.93. The van der Waals surface area contributed by atoms with Crippen molar-refractivity contribution < 1.29 is 4.79 Å². The molecule has 0 bridgehead atoms. The molecule has 1 aromatic carbocycles. The minimum Gasteiger partial charge on any atom is -0.343 e. The van der Waals surface area contributed by atoms with Crippen LogP contribution in [0.4, 0.5) is 0 Å². The maximum absolute atomic E-state index is 12.7. The number of carbonyl (C=O) groups is 1. The Labute approximate surface area is 141 Å². The quantitative estimate of drug-likeness (QED) is 0.802. The fourth-order valence-corrected chi connectivity index (χ4v) is 2.70. The molecule has 2 aromatic heterocycles. The lowest BCUT2D eigenvalue weighted by Crippen LogP contribution is -2.41. The van der Waals surface area contributed by atoms with Crippen molar-refractivity contribution in [1.29, 1.82) is 0 Å². The summed E-state index contributed by atoms with van der Waals surface area (Å²) >= 11 is 0. The van der Waals surface area contributed by atoms with E-state index in [-0.39, 0.29) is 5.91 Å². The van der Waals surface area contributed by atoms with Gasteiger partial charge in [0, 0.05) is 11.9 Å². The first kappa shape index (κ1) is 16.2. The van der Waals surface area contributed by atoms with Crippen LogP contribution in [0.15, 0.2) is 42.7 Å². The normalized spacial score (nSPS) is 11.7. The molecule has 0 aliphatic rings. The summed E-state index contributed by atoms with van der Waals surface area (Å²) < 4.78 is 1.62. The molecular formula is C19H22N4O. The molecule has 124 valence electrons. The molecule has 0 spiro atoms. The van der Waals surface area contributed by atoms with Crippen molar-refractivity contribution >= 4 is 11.6 Å².